The highest BCUT2D eigenvalue weighted by Gasteiger charge is 2.15. The first-order valence-corrected chi connectivity index (χ1v) is 7.31. The van der Waals surface area contributed by atoms with Crippen LogP contribution in [0, 0.1) is 23.0 Å². The number of nitrogens with zero attached hydrogens (tertiary/aromatic N) is 1. The third-order valence-corrected chi connectivity index (χ3v) is 3.77. The minimum atomic E-state index is -0.475. The van der Waals surface area contributed by atoms with Gasteiger partial charge in [-0.25, -0.2) is 0 Å². The molecule has 1 heterocycles. The van der Waals surface area contributed by atoms with Crippen molar-refractivity contribution in [1.82, 2.24) is 10.6 Å². The highest BCUT2D eigenvalue weighted by molar-refractivity contribution is 5.95. The third-order valence-electron chi connectivity index (χ3n) is 3.77. The van der Waals surface area contributed by atoms with Crippen LogP contribution in [0.5, 0.6) is 0 Å². The molecule has 1 fully saturated rings. The molecule has 1 aromatic carbocycles. The topological polar surface area (TPSA) is 84.3 Å². The number of nitro benzene ring substituents is 1. The van der Waals surface area contributed by atoms with E-state index in [-0.39, 0.29) is 11.6 Å². The highest BCUT2D eigenvalue weighted by atomic mass is 16.6. The van der Waals surface area contributed by atoms with Crippen LogP contribution in [0.1, 0.15) is 35.2 Å². The van der Waals surface area contributed by atoms with Gasteiger partial charge in [-0.3, -0.25) is 14.9 Å². The van der Waals surface area contributed by atoms with Gasteiger partial charge in [0.05, 0.1) is 4.92 Å². The zero-order chi connectivity index (χ0) is 15.2. The average molecular weight is 291 g/mol. The second kappa shape index (κ2) is 7.17. The Labute approximate surface area is 124 Å². The summed E-state index contributed by atoms with van der Waals surface area (Å²) in [5.41, 5.74) is 1.02. The van der Waals surface area contributed by atoms with E-state index in [1.165, 1.54) is 25.0 Å². The lowest BCUT2D eigenvalue weighted by Crippen LogP contribution is -2.33. The molecule has 6 heteroatoms. The Morgan fingerprint density at radius 1 is 1.48 bits per heavy atom. The predicted molar refractivity (Wildman–Crippen MR) is 80.4 cm³/mol. The summed E-state index contributed by atoms with van der Waals surface area (Å²) in [6.45, 7) is 4.44. The first-order chi connectivity index (χ1) is 10.1. The van der Waals surface area contributed by atoms with Gasteiger partial charge in [0.25, 0.3) is 11.6 Å². The van der Waals surface area contributed by atoms with Gasteiger partial charge in [0.2, 0.25) is 0 Å². The van der Waals surface area contributed by atoms with Crippen molar-refractivity contribution in [3.8, 4) is 0 Å². The van der Waals surface area contributed by atoms with Crippen molar-refractivity contribution in [3.63, 3.8) is 0 Å². The minimum Gasteiger partial charge on any atom is -0.352 e. The Morgan fingerprint density at radius 2 is 2.29 bits per heavy atom. The molecule has 0 spiro atoms. The van der Waals surface area contributed by atoms with Gasteiger partial charge in [0.15, 0.2) is 0 Å². The smallest absolute Gasteiger partial charge is 0.270 e. The van der Waals surface area contributed by atoms with E-state index in [1.54, 1.807) is 13.0 Å². The maximum Gasteiger partial charge on any atom is 0.270 e. The summed E-state index contributed by atoms with van der Waals surface area (Å²) in [5, 5.41) is 17.0. The number of piperidine rings is 1. The maximum atomic E-state index is 12.1. The first-order valence-electron chi connectivity index (χ1n) is 7.31. The quantitative estimate of drug-likeness (QED) is 0.642. The van der Waals surface area contributed by atoms with Gasteiger partial charge in [-0.2, -0.15) is 0 Å². The monoisotopic (exact) mass is 291 g/mol. The molecule has 114 valence electrons. The van der Waals surface area contributed by atoms with Gasteiger partial charge in [-0.15, -0.1) is 0 Å². The van der Waals surface area contributed by atoms with Gasteiger partial charge < -0.3 is 10.6 Å². The lowest BCUT2D eigenvalue weighted by Gasteiger charge is -2.22. The molecule has 0 saturated carbocycles. The van der Waals surface area contributed by atoms with Gasteiger partial charge in [-0.05, 0) is 56.8 Å². The van der Waals surface area contributed by atoms with Crippen molar-refractivity contribution in [2.75, 3.05) is 19.6 Å². The largest absolute Gasteiger partial charge is 0.352 e. The molecule has 1 aliphatic rings. The molecule has 1 unspecified atom stereocenters. The summed E-state index contributed by atoms with van der Waals surface area (Å²) >= 11 is 0. The fraction of sp³-hybridized carbons (Fsp3) is 0.533. The number of nitro groups is 1. The van der Waals surface area contributed by atoms with Gasteiger partial charge in [-0.1, -0.05) is 0 Å². The standard InChI is InChI=1S/C15H21N3O3/c1-11-7-13(9-14(8-11)18(20)21)15(19)17-6-4-12-3-2-5-16-10-12/h7-9,12,16H,2-6,10H2,1H3,(H,17,19). The molecule has 0 aliphatic carbocycles. The second-order valence-electron chi connectivity index (χ2n) is 5.57. The Morgan fingerprint density at radius 3 is 2.95 bits per heavy atom. The fourth-order valence-electron chi connectivity index (χ4n) is 2.66. The molecule has 1 aliphatic heterocycles. The molecule has 2 N–H and O–H groups in total. The van der Waals surface area contributed by atoms with Crippen molar-refractivity contribution >= 4 is 11.6 Å². The van der Waals surface area contributed by atoms with E-state index in [0.29, 0.717) is 23.6 Å². The molecule has 2 rings (SSSR count). The normalized spacial score (nSPS) is 18.2. The minimum absolute atomic E-state index is 0.0448. The van der Waals surface area contributed by atoms with Crippen molar-refractivity contribution in [1.29, 1.82) is 0 Å². The summed E-state index contributed by atoms with van der Waals surface area (Å²) in [6.07, 6.45) is 3.31. The van der Waals surface area contributed by atoms with E-state index < -0.39 is 4.92 Å². The van der Waals surface area contributed by atoms with Crippen LogP contribution in [-0.2, 0) is 0 Å². The molecule has 1 atom stereocenters. The van der Waals surface area contributed by atoms with Gasteiger partial charge in [0, 0.05) is 24.2 Å². The number of aryl methyl sites for hydroxylation is 1. The van der Waals surface area contributed by atoms with Gasteiger partial charge in [0.1, 0.15) is 0 Å². The lowest BCUT2D eigenvalue weighted by atomic mass is 9.96. The summed E-state index contributed by atoms with van der Waals surface area (Å²) in [5.74, 6) is 0.358. The zero-order valence-electron chi connectivity index (χ0n) is 12.2. The predicted octanol–water partition coefficient (Wildman–Crippen LogP) is 2.02. The molecule has 1 aromatic rings. The van der Waals surface area contributed by atoms with Crippen molar-refractivity contribution in [2.45, 2.75) is 26.2 Å². The summed E-state index contributed by atoms with van der Waals surface area (Å²) < 4.78 is 0. The Hall–Kier alpha value is -1.95. The number of carbonyl (C=O) groups is 1. The van der Waals surface area contributed by atoms with E-state index >= 15 is 0 Å². The Balaban J connectivity index is 1.89. The third kappa shape index (κ3) is 4.53. The number of amides is 1. The SMILES string of the molecule is Cc1cc(C(=O)NCCC2CCCNC2)cc([N+](=O)[O-])c1. The van der Waals surface area contributed by atoms with Crippen molar-refractivity contribution in [2.24, 2.45) is 5.92 Å². The molecule has 1 saturated heterocycles. The van der Waals surface area contributed by atoms with E-state index in [2.05, 4.69) is 10.6 Å². The van der Waals surface area contributed by atoms with E-state index in [4.69, 9.17) is 0 Å². The first kappa shape index (κ1) is 15.4. The summed E-state index contributed by atoms with van der Waals surface area (Å²) in [6, 6.07) is 4.46. The molecule has 0 radical (unpaired) electrons. The van der Waals surface area contributed by atoms with E-state index in [1.807, 2.05) is 0 Å². The summed E-state index contributed by atoms with van der Waals surface area (Å²) in [4.78, 5) is 22.4. The van der Waals surface area contributed by atoms with Crippen LogP contribution in [0.3, 0.4) is 0 Å². The highest BCUT2D eigenvalue weighted by Crippen LogP contribution is 2.17. The number of benzene rings is 1. The number of rotatable bonds is 5. The van der Waals surface area contributed by atoms with Crippen LogP contribution in [0.4, 0.5) is 5.69 Å². The second-order valence-corrected chi connectivity index (χ2v) is 5.57. The number of carbonyl (C=O) groups excluding carboxylic acids is 1. The molecule has 0 aromatic heterocycles. The zero-order valence-corrected chi connectivity index (χ0v) is 12.2. The van der Waals surface area contributed by atoms with Crippen molar-refractivity contribution in [3.05, 3.63) is 39.4 Å². The van der Waals surface area contributed by atoms with Crippen LogP contribution >= 0.6 is 0 Å². The average Bonchev–Trinajstić information content (AvgIpc) is 2.47. The molecular weight excluding hydrogens is 270 g/mol. The number of hydrogen-bond acceptors (Lipinski definition) is 4. The number of nitrogens with one attached hydrogen (secondary N) is 2. The Kier molecular flexibility index (Phi) is 5.27. The molecule has 0 bridgehead atoms. The molecule has 1 amide bonds. The van der Waals surface area contributed by atoms with Crippen LogP contribution < -0.4 is 10.6 Å². The lowest BCUT2D eigenvalue weighted by molar-refractivity contribution is -0.384. The summed E-state index contributed by atoms with van der Waals surface area (Å²) in [7, 11) is 0. The van der Waals surface area contributed by atoms with Crippen LogP contribution in [0.2, 0.25) is 0 Å². The molecule has 6 nitrogen and oxygen atoms in total. The van der Waals surface area contributed by atoms with Crippen LogP contribution in [0.25, 0.3) is 0 Å². The van der Waals surface area contributed by atoms with E-state index in [0.717, 1.165) is 19.5 Å². The maximum absolute atomic E-state index is 12.1. The van der Waals surface area contributed by atoms with Crippen LogP contribution in [0.15, 0.2) is 18.2 Å². The molecule has 21 heavy (non-hydrogen) atoms. The van der Waals surface area contributed by atoms with Gasteiger partial charge >= 0.3 is 0 Å². The number of non-ortho nitro benzene ring substituents is 1. The molecular formula is C15H21N3O3. The van der Waals surface area contributed by atoms with E-state index in [9.17, 15) is 14.9 Å². The van der Waals surface area contributed by atoms with Crippen LogP contribution in [-0.4, -0.2) is 30.5 Å². The number of hydrogen-bond donors (Lipinski definition) is 2. The van der Waals surface area contributed by atoms with Crippen molar-refractivity contribution < 1.29 is 9.72 Å². The Bertz CT molecular complexity index is 525. The fourth-order valence-corrected chi connectivity index (χ4v) is 2.66.